The van der Waals surface area contributed by atoms with E-state index in [1.807, 2.05) is 6.92 Å². The summed E-state index contributed by atoms with van der Waals surface area (Å²) in [6.45, 7) is 2.34. The second-order valence-corrected chi connectivity index (χ2v) is 5.78. The Labute approximate surface area is 117 Å². The number of aryl methyl sites for hydroxylation is 1. The van der Waals surface area contributed by atoms with Crippen molar-refractivity contribution in [3.05, 3.63) is 33.8 Å². The highest BCUT2D eigenvalue weighted by atomic mass is 79.9. The minimum Gasteiger partial charge on any atom is -0.466 e. The molecule has 18 heavy (non-hydrogen) atoms. The molecule has 0 bridgehead atoms. The molecule has 0 radical (unpaired) electrons. The minimum absolute atomic E-state index is 0.0564. The molecule has 1 atom stereocenters. The fraction of sp³-hybridized carbons (Fsp3) is 0.533. The van der Waals surface area contributed by atoms with E-state index >= 15 is 0 Å². The van der Waals surface area contributed by atoms with E-state index in [9.17, 15) is 4.79 Å². The molecule has 0 spiro atoms. The molecule has 1 aromatic carbocycles. The molecule has 1 aliphatic carbocycles. The van der Waals surface area contributed by atoms with E-state index in [1.54, 1.807) is 0 Å². The maximum Gasteiger partial charge on any atom is 0.305 e. The van der Waals surface area contributed by atoms with Crippen LogP contribution in [0.4, 0.5) is 0 Å². The summed E-state index contributed by atoms with van der Waals surface area (Å²) in [5.74, 6) is 0.571. The van der Waals surface area contributed by atoms with Gasteiger partial charge in [-0.25, -0.2) is 0 Å². The predicted molar refractivity (Wildman–Crippen MR) is 75.5 cm³/mol. The van der Waals surface area contributed by atoms with Crippen LogP contribution in [0.1, 0.15) is 37.3 Å². The second-order valence-electron chi connectivity index (χ2n) is 4.87. The highest BCUT2D eigenvalue weighted by molar-refractivity contribution is 9.10. The molecule has 1 aromatic rings. The van der Waals surface area contributed by atoms with E-state index in [-0.39, 0.29) is 5.97 Å². The maximum atomic E-state index is 11.3. The summed E-state index contributed by atoms with van der Waals surface area (Å²) >= 11 is 3.51. The molecule has 3 heteroatoms. The van der Waals surface area contributed by atoms with E-state index in [1.165, 1.54) is 17.5 Å². The lowest BCUT2D eigenvalue weighted by Gasteiger charge is -2.24. The third-order valence-corrected chi connectivity index (χ3v) is 4.05. The number of rotatable bonds is 4. The Morgan fingerprint density at radius 3 is 3.06 bits per heavy atom. The van der Waals surface area contributed by atoms with Crippen molar-refractivity contribution in [3.63, 3.8) is 0 Å². The van der Waals surface area contributed by atoms with Gasteiger partial charge in [0.2, 0.25) is 0 Å². The quantitative estimate of drug-likeness (QED) is 0.788. The number of fused-ring (bicyclic) bond motifs is 1. The molecule has 0 unspecified atom stereocenters. The second kappa shape index (κ2) is 6.37. The number of hydrogen-bond acceptors (Lipinski definition) is 2. The van der Waals surface area contributed by atoms with Crippen molar-refractivity contribution in [1.29, 1.82) is 0 Å². The molecule has 2 rings (SSSR count). The van der Waals surface area contributed by atoms with Gasteiger partial charge in [-0.3, -0.25) is 4.79 Å². The average Bonchev–Trinajstić information content (AvgIpc) is 2.36. The average molecular weight is 311 g/mol. The van der Waals surface area contributed by atoms with Gasteiger partial charge in [0.1, 0.15) is 0 Å². The van der Waals surface area contributed by atoms with E-state index in [0.29, 0.717) is 18.9 Å². The topological polar surface area (TPSA) is 26.3 Å². The molecule has 98 valence electrons. The third-order valence-electron chi connectivity index (χ3n) is 3.56. The van der Waals surface area contributed by atoms with Crippen molar-refractivity contribution >= 4 is 21.9 Å². The van der Waals surface area contributed by atoms with Gasteiger partial charge in [-0.15, -0.1) is 0 Å². The third kappa shape index (κ3) is 3.58. The van der Waals surface area contributed by atoms with Crippen LogP contribution in [0.25, 0.3) is 0 Å². The fourth-order valence-electron chi connectivity index (χ4n) is 2.60. The van der Waals surface area contributed by atoms with Crippen LogP contribution in [0.5, 0.6) is 0 Å². The van der Waals surface area contributed by atoms with Crippen LogP contribution < -0.4 is 0 Å². The summed E-state index contributed by atoms with van der Waals surface area (Å²) in [6, 6.07) is 6.53. The Morgan fingerprint density at radius 2 is 2.28 bits per heavy atom. The maximum absolute atomic E-state index is 11.3. The van der Waals surface area contributed by atoms with E-state index in [2.05, 4.69) is 34.1 Å². The van der Waals surface area contributed by atoms with Crippen LogP contribution in [0, 0.1) is 5.92 Å². The first kappa shape index (κ1) is 13.6. The number of carbonyl (C=O) groups excluding carboxylic acids is 1. The molecule has 0 N–H and O–H groups in total. The zero-order valence-corrected chi connectivity index (χ0v) is 12.3. The largest absolute Gasteiger partial charge is 0.466 e. The van der Waals surface area contributed by atoms with Crippen LogP contribution in [0.3, 0.4) is 0 Å². The molecule has 0 fully saturated rings. The number of halogens is 1. The minimum atomic E-state index is -0.0564. The fourth-order valence-corrected chi connectivity index (χ4v) is 3.01. The van der Waals surface area contributed by atoms with Gasteiger partial charge in [0.25, 0.3) is 0 Å². The van der Waals surface area contributed by atoms with Gasteiger partial charge in [0, 0.05) is 10.9 Å². The molecule has 1 aliphatic rings. The molecule has 0 amide bonds. The monoisotopic (exact) mass is 310 g/mol. The van der Waals surface area contributed by atoms with Gasteiger partial charge >= 0.3 is 5.97 Å². The van der Waals surface area contributed by atoms with Gasteiger partial charge in [0.05, 0.1) is 6.61 Å². The van der Waals surface area contributed by atoms with Crippen molar-refractivity contribution in [2.24, 2.45) is 5.92 Å². The number of hydrogen-bond donors (Lipinski definition) is 0. The Balaban J connectivity index is 1.88. The predicted octanol–water partition coefficient (Wildman–Crippen LogP) is 3.90. The lowest BCUT2D eigenvalue weighted by molar-refractivity contribution is -0.143. The first-order chi connectivity index (χ1) is 8.69. The Hall–Kier alpha value is -0.830. The SMILES string of the molecule is CCOC(=O)CC[C@@H]1CCc2cc(Br)ccc2C1. The molecule has 0 heterocycles. The highest BCUT2D eigenvalue weighted by Gasteiger charge is 2.19. The molecular formula is C15H19BrO2. The van der Waals surface area contributed by atoms with Crippen molar-refractivity contribution in [2.75, 3.05) is 6.61 Å². The van der Waals surface area contributed by atoms with E-state index in [4.69, 9.17) is 4.74 Å². The summed E-state index contributed by atoms with van der Waals surface area (Å²) in [6.07, 6.45) is 4.92. The zero-order valence-electron chi connectivity index (χ0n) is 10.7. The van der Waals surface area contributed by atoms with E-state index < -0.39 is 0 Å². The Kier molecular flexibility index (Phi) is 4.81. The molecule has 0 aromatic heterocycles. The van der Waals surface area contributed by atoms with Crippen LogP contribution in [-0.4, -0.2) is 12.6 Å². The summed E-state index contributed by atoms with van der Waals surface area (Å²) in [7, 11) is 0. The first-order valence-electron chi connectivity index (χ1n) is 6.62. The smallest absolute Gasteiger partial charge is 0.305 e. The van der Waals surface area contributed by atoms with Crippen molar-refractivity contribution in [1.82, 2.24) is 0 Å². The van der Waals surface area contributed by atoms with Crippen LogP contribution in [-0.2, 0) is 22.4 Å². The number of benzene rings is 1. The van der Waals surface area contributed by atoms with Crippen molar-refractivity contribution in [3.8, 4) is 0 Å². The highest BCUT2D eigenvalue weighted by Crippen LogP contribution is 2.30. The Bertz CT molecular complexity index is 429. The van der Waals surface area contributed by atoms with Crippen LogP contribution >= 0.6 is 15.9 Å². The lowest BCUT2D eigenvalue weighted by atomic mass is 9.82. The number of esters is 1. The van der Waals surface area contributed by atoms with E-state index in [0.717, 1.165) is 23.7 Å². The lowest BCUT2D eigenvalue weighted by Crippen LogP contribution is -2.16. The van der Waals surface area contributed by atoms with Gasteiger partial charge in [0.15, 0.2) is 0 Å². The zero-order chi connectivity index (χ0) is 13.0. The van der Waals surface area contributed by atoms with Crippen molar-refractivity contribution < 1.29 is 9.53 Å². The number of carbonyl (C=O) groups is 1. The van der Waals surface area contributed by atoms with Crippen LogP contribution in [0.15, 0.2) is 22.7 Å². The standard InChI is InChI=1S/C15H19BrO2/c1-2-18-15(17)8-4-11-3-5-13-10-14(16)7-6-12(13)9-11/h6-7,10-11H,2-5,8-9H2,1H3/t11-/m0/s1. The Morgan fingerprint density at radius 1 is 1.44 bits per heavy atom. The summed E-state index contributed by atoms with van der Waals surface area (Å²) in [5, 5.41) is 0. The summed E-state index contributed by atoms with van der Waals surface area (Å²) < 4.78 is 6.13. The normalized spacial score (nSPS) is 18.2. The van der Waals surface area contributed by atoms with Gasteiger partial charge in [-0.2, -0.15) is 0 Å². The molecule has 0 saturated heterocycles. The molecule has 2 nitrogen and oxygen atoms in total. The van der Waals surface area contributed by atoms with Gasteiger partial charge < -0.3 is 4.74 Å². The molecule has 0 aliphatic heterocycles. The van der Waals surface area contributed by atoms with Gasteiger partial charge in [-0.1, -0.05) is 22.0 Å². The van der Waals surface area contributed by atoms with Crippen molar-refractivity contribution in [2.45, 2.75) is 39.0 Å². The first-order valence-corrected chi connectivity index (χ1v) is 7.41. The van der Waals surface area contributed by atoms with Crippen LogP contribution in [0.2, 0.25) is 0 Å². The number of ether oxygens (including phenoxy) is 1. The summed E-state index contributed by atoms with van der Waals surface area (Å²) in [4.78, 5) is 11.3. The molecular weight excluding hydrogens is 292 g/mol. The summed E-state index contributed by atoms with van der Waals surface area (Å²) in [5.41, 5.74) is 2.90. The van der Waals surface area contributed by atoms with Gasteiger partial charge in [-0.05, 0) is 61.8 Å². The molecule has 0 saturated carbocycles.